The third-order valence-electron chi connectivity index (χ3n) is 2.87. The molecule has 0 fully saturated rings. The fraction of sp³-hybridized carbons (Fsp3) is 0.222. The normalized spacial score (nSPS) is 9.42. The Bertz CT molecular complexity index is 681. The molecule has 0 saturated heterocycles. The molecule has 6 heteroatoms. The van der Waals surface area contributed by atoms with Crippen molar-refractivity contribution in [2.75, 3.05) is 13.7 Å². The summed E-state index contributed by atoms with van der Waals surface area (Å²) >= 11 is 0. The number of hydrogen-bond acceptors (Lipinski definition) is 6. The van der Waals surface area contributed by atoms with Gasteiger partial charge in [-0.1, -0.05) is 31.2 Å². The number of phenols is 2. The van der Waals surface area contributed by atoms with Gasteiger partial charge in [-0.05, 0) is 30.7 Å². The number of ether oxygens (including phenoxy) is 2. The Labute approximate surface area is 140 Å². The van der Waals surface area contributed by atoms with E-state index in [4.69, 9.17) is 9.84 Å². The third kappa shape index (κ3) is 5.64. The molecular formula is C18H20O6. The van der Waals surface area contributed by atoms with Crippen molar-refractivity contribution in [1.29, 1.82) is 0 Å². The molecule has 0 bridgehead atoms. The average molecular weight is 332 g/mol. The Morgan fingerprint density at radius 2 is 1.33 bits per heavy atom. The van der Waals surface area contributed by atoms with Crippen LogP contribution in [0.15, 0.2) is 48.5 Å². The highest BCUT2D eigenvalue weighted by Crippen LogP contribution is 2.16. The van der Waals surface area contributed by atoms with Crippen LogP contribution in [0.2, 0.25) is 0 Å². The molecule has 0 atom stereocenters. The minimum absolute atomic E-state index is 0.0383. The van der Waals surface area contributed by atoms with E-state index in [1.807, 2.05) is 6.92 Å². The SMILES string of the molecule is CCCOC(=O)c1ccccc1O.COC(=O)c1ccccc1O. The standard InChI is InChI=1S/C10H12O3.C8H8O3/c1-2-7-13-10(12)8-5-3-4-6-9(8)11;1-11-8(10)6-4-2-3-5-7(6)9/h3-6,11H,2,7H2,1H3;2-5,9H,1H3. The van der Waals surface area contributed by atoms with Crippen molar-refractivity contribution in [2.24, 2.45) is 0 Å². The van der Waals surface area contributed by atoms with E-state index in [0.29, 0.717) is 6.61 Å². The van der Waals surface area contributed by atoms with E-state index >= 15 is 0 Å². The van der Waals surface area contributed by atoms with Gasteiger partial charge in [0.1, 0.15) is 22.6 Å². The lowest BCUT2D eigenvalue weighted by atomic mass is 10.2. The summed E-state index contributed by atoms with van der Waals surface area (Å²) in [6.07, 6.45) is 0.777. The van der Waals surface area contributed by atoms with E-state index < -0.39 is 11.9 Å². The van der Waals surface area contributed by atoms with Gasteiger partial charge in [0, 0.05) is 0 Å². The van der Waals surface area contributed by atoms with E-state index in [2.05, 4.69) is 4.74 Å². The number of benzene rings is 2. The second-order valence-corrected chi connectivity index (χ2v) is 4.66. The van der Waals surface area contributed by atoms with Crippen molar-refractivity contribution in [2.45, 2.75) is 13.3 Å². The predicted molar refractivity (Wildman–Crippen MR) is 88.1 cm³/mol. The first-order valence-electron chi connectivity index (χ1n) is 7.32. The van der Waals surface area contributed by atoms with Gasteiger partial charge in [0.15, 0.2) is 0 Å². The molecule has 0 radical (unpaired) electrons. The number of aromatic hydroxyl groups is 2. The fourth-order valence-electron chi connectivity index (χ4n) is 1.67. The first-order chi connectivity index (χ1) is 11.5. The van der Waals surface area contributed by atoms with E-state index in [9.17, 15) is 14.7 Å². The molecule has 0 unspecified atom stereocenters. The van der Waals surface area contributed by atoms with Gasteiger partial charge in [-0.15, -0.1) is 0 Å². The van der Waals surface area contributed by atoms with Crippen molar-refractivity contribution in [3.63, 3.8) is 0 Å². The molecule has 2 aromatic rings. The van der Waals surface area contributed by atoms with Crippen molar-refractivity contribution in [3.05, 3.63) is 59.7 Å². The number of para-hydroxylation sites is 2. The summed E-state index contributed by atoms with van der Waals surface area (Å²) in [6, 6.07) is 12.6. The number of rotatable bonds is 4. The smallest absolute Gasteiger partial charge is 0.341 e. The van der Waals surface area contributed by atoms with Crippen molar-refractivity contribution < 1.29 is 29.3 Å². The van der Waals surface area contributed by atoms with Crippen LogP contribution < -0.4 is 0 Å². The van der Waals surface area contributed by atoms with Gasteiger partial charge in [-0.25, -0.2) is 9.59 Å². The number of phenolic OH excluding ortho intramolecular Hbond substituents is 2. The molecule has 0 spiro atoms. The molecule has 0 aliphatic carbocycles. The number of methoxy groups -OCH3 is 1. The van der Waals surface area contributed by atoms with E-state index in [1.54, 1.807) is 24.3 Å². The first kappa shape index (κ1) is 19.0. The van der Waals surface area contributed by atoms with Crippen molar-refractivity contribution in [1.82, 2.24) is 0 Å². The Hall–Kier alpha value is -3.02. The summed E-state index contributed by atoms with van der Waals surface area (Å²) in [5, 5.41) is 18.4. The van der Waals surface area contributed by atoms with Gasteiger partial charge >= 0.3 is 11.9 Å². The number of hydrogen-bond donors (Lipinski definition) is 2. The summed E-state index contributed by atoms with van der Waals surface area (Å²) in [5.74, 6) is -1.09. The molecule has 0 heterocycles. The minimum atomic E-state index is -0.525. The van der Waals surface area contributed by atoms with Crippen LogP contribution >= 0.6 is 0 Å². The largest absolute Gasteiger partial charge is 0.507 e. The number of carbonyl (C=O) groups excluding carboxylic acids is 2. The zero-order chi connectivity index (χ0) is 17.9. The Kier molecular flexibility index (Phi) is 7.84. The lowest BCUT2D eigenvalue weighted by molar-refractivity contribution is 0.0501. The summed E-state index contributed by atoms with van der Waals surface area (Å²) in [4.78, 5) is 22.1. The highest BCUT2D eigenvalue weighted by molar-refractivity contribution is 5.92. The number of carbonyl (C=O) groups is 2. The molecule has 128 valence electrons. The maximum Gasteiger partial charge on any atom is 0.341 e. The summed E-state index contributed by atoms with van der Waals surface area (Å²) in [6.45, 7) is 2.30. The van der Waals surface area contributed by atoms with Crippen molar-refractivity contribution >= 4 is 11.9 Å². The topological polar surface area (TPSA) is 93.1 Å². The van der Waals surface area contributed by atoms with Crippen LogP contribution in [0.5, 0.6) is 11.5 Å². The lowest BCUT2D eigenvalue weighted by Crippen LogP contribution is -2.05. The average Bonchev–Trinajstić information content (AvgIpc) is 2.60. The fourth-order valence-corrected chi connectivity index (χ4v) is 1.67. The van der Waals surface area contributed by atoms with Crippen molar-refractivity contribution in [3.8, 4) is 11.5 Å². The minimum Gasteiger partial charge on any atom is -0.507 e. The van der Waals surface area contributed by atoms with E-state index in [-0.39, 0.29) is 22.6 Å². The molecule has 0 aliphatic rings. The molecule has 2 aromatic carbocycles. The summed E-state index contributed by atoms with van der Waals surface area (Å²) in [5.41, 5.74) is 0.408. The molecule has 0 amide bonds. The lowest BCUT2D eigenvalue weighted by Gasteiger charge is -2.03. The van der Waals surface area contributed by atoms with Gasteiger partial charge in [-0.3, -0.25) is 0 Å². The maximum absolute atomic E-state index is 11.2. The van der Waals surface area contributed by atoms with Gasteiger partial charge in [0.2, 0.25) is 0 Å². The molecular weight excluding hydrogens is 312 g/mol. The van der Waals surface area contributed by atoms with Crippen LogP contribution in [0.4, 0.5) is 0 Å². The van der Waals surface area contributed by atoms with Crippen LogP contribution in [0, 0.1) is 0 Å². The predicted octanol–water partition coefficient (Wildman–Crippen LogP) is 3.14. The molecule has 6 nitrogen and oxygen atoms in total. The first-order valence-corrected chi connectivity index (χ1v) is 7.32. The Balaban J connectivity index is 0.000000243. The summed E-state index contributed by atoms with van der Waals surface area (Å²) < 4.78 is 9.28. The molecule has 2 rings (SSSR count). The molecule has 0 aliphatic heterocycles. The van der Waals surface area contributed by atoms with Gasteiger partial charge in [0.05, 0.1) is 13.7 Å². The maximum atomic E-state index is 11.2. The van der Waals surface area contributed by atoms with Crippen LogP contribution in [0.1, 0.15) is 34.1 Å². The highest BCUT2D eigenvalue weighted by atomic mass is 16.5. The Morgan fingerprint density at radius 1 is 0.875 bits per heavy atom. The highest BCUT2D eigenvalue weighted by Gasteiger charge is 2.10. The number of esters is 2. The van der Waals surface area contributed by atoms with Crippen LogP contribution in [-0.4, -0.2) is 35.9 Å². The quantitative estimate of drug-likeness (QED) is 0.836. The second-order valence-electron chi connectivity index (χ2n) is 4.66. The van der Waals surface area contributed by atoms with Crippen LogP contribution in [0.25, 0.3) is 0 Å². The zero-order valence-electron chi connectivity index (χ0n) is 13.6. The third-order valence-corrected chi connectivity index (χ3v) is 2.87. The van der Waals surface area contributed by atoms with E-state index in [1.165, 1.54) is 31.4 Å². The van der Waals surface area contributed by atoms with Gasteiger partial charge in [0.25, 0.3) is 0 Å². The van der Waals surface area contributed by atoms with E-state index in [0.717, 1.165) is 6.42 Å². The summed E-state index contributed by atoms with van der Waals surface area (Å²) in [7, 11) is 1.27. The molecule has 2 N–H and O–H groups in total. The van der Waals surface area contributed by atoms with Gasteiger partial charge in [-0.2, -0.15) is 0 Å². The van der Waals surface area contributed by atoms with Crippen LogP contribution in [0.3, 0.4) is 0 Å². The molecule has 0 saturated carbocycles. The Morgan fingerprint density at radius 3 is 1.75 bits per heavy atom. The monoisotopic (exact) mass is 332 g/mol. The zero-order valence-corrected chi connectivity index (χ0v) is 13.6. The van der Waals surface area contributed by atoms with Crippen LogP contribution in [-0.2, 0) is 9.47 Å². The molecule has 0 aromatic heterocycles. The van der Waals surface area contributed by atoms with Gasteiger partial charge < -0.3 is 19.7 Å². The second kappa shape index (κ2) is 9.89. The molecule has 24 heavy (non-hydrogen) atoms.